The fraction of sp³-hybridized carbons (Fsp3) is 0.185. The van der Waals surface area contributed by atoms with Crippen molar-refractivity contribution >= 4 is 6.09 Å². The fourth-order valence-electron chi connectivity index (χ4n) is 3.81. The van der Waals surface area contributed by atoms with Crippen molar-refractivity contribution in [3.63, 3.8) is 0 Å². The SMILES string of the molecule is Cc1cccc([C@H](C)c2nccn2C(=O)OCc2ccc(-c3ccccc3)cc2)c1C. The fourth-order valence-corrected chi connectivity index (χ4v) is 3.81. The second-order valence-corrected chi connectivity index (χ2v) is 7.78. The number of carbonyl (C=O) groups excluding carboxylic acids is 1. The van der Waals surface area contributed by atoms with Crippen LogP contribution in [0.4, 0.5) is 4.79 Å². The van der Waals surface area contributed by atoms with Crippen molar-refractivity contribution in [3.8, 4) is 11.1 Å². The number of hydrogen-bond donors (Lipinski definition) is 0. The van der Waals surface area contributed by atoms with Crippen LogP contribution in [-0.2, 0) is 11.3 Å². The Morgan fingerprint density at radius 2 is 1.65 bits per heavy atom. The molecular formula is C27H26N2O2. The molecule has 3 aromatic carbocycles. The summed E-state index contributed by atoms with van der Waals surface area (Å²) in [5.41, 5.74) is 6.85. The van der Waals surface area contributed by atoms with Crippen molar-refractivity contribution < 1.29 is 9.53 Å². The van der Waals surface area contributed by atoms with Gasteiger partial charge in [-0.3, -0.25) is 0 Å². The van der Waals surface area contributed by atoms with Gasteiger partial charge in [-0.05, 0) is 47.2 Å². The van der Waals surface area contributed by atoms with Crippen LogP contribution < -0.4 is 0 Å². The van der Waals surface area contributed by atoms with Gasteiger partial charge in [0.05, 0.1) is 0 Å². The third kappa shape index (κ3) is 4.43. The smallest absolute Gasteiger partial charge is 0.419 e. The van der Waals surface area contributed by atoms with Gasteiger partial charge in [0.25, 0.3) is 0 Å². The zero-order chi connectivity index (χ0) is 21.8. The first-order valence-electron chi connectivity index (χ1n) is 10.5. The van der Waals surface area contributed by atoms with E-state index in [4.69, 9.17) is 4.74 Å². The Bertz CT molecular complexity index is 1180. The highest BCUT2D eigenvalue weighted by Gasteiger charge is 2.20. The summed E-state index contributed by atoms with van der Waals surface area (Å²) in [5, 5.41) is 0. The molecule has 0 aliphatic carbocycles. The van der Waals surface area contributed by atoms with Crippen LogP contribution in [0, 0.1) is 13.8 Å². The molecule has 4 nitrogen and oxygen atoms in total. The second-order valence-electron chi connectivity index (χ2n) is 7.78. The van der Waals surface area contributed by atoms with Gasteiger partial charge in [-0.2, -0.15) is 0 Å². The zero-order valence-corrected chi connectivity index (χ0v) is 18.1. The maximum Gasteiger partial charge on any atom is 0.419 e. The standard InChI is InChI=1S/C27H26N2O2/c1-19-8-7-11-25(20(19)2)21(3)26-28-16-17-29(26)27(30)31-18-22-12-14-24(15-13-22)23-9-5-4-6-10-23/h4-17,21H,18H2,1-3H3/t21-/m0/s1. The van der Waals surface area contributed by atoms with Gasteiger partial charge in [-0.25, -0.2) is 14.3 Å². The molecule has 0 unspecified atom stereocenters. The highest BCUT2D eigenvalue weighted by molar-refractivity contribution is 5.71. The van der Waals surface area contributed by atoms with Crippen LogP contribution in [-0.4, -0.2) is 15.6 Å². The Labute approximate surface area is 183 Å². The van der Waals surface area contributed by atoms with Gasteiger partial charge in [-0.1, -0.05) is 79.7 Å². The summed E-state index contributed by atoms with van der Waals surface area (Å²) in [7, 11) is 0. The van der Waals surface area contributed by atoms with Crippen molar-refractivity contribution in [2.75, 3.05) is 0 Å². The van der Waals surface area contributed by atoms with Crippen LogP contribution in [0.15, 0.2) is 85.2 Å². The molecule has 31 heavy (non-hydrogen) atoms. The summed E-state index contributed by atoms with van der Waals surface area (Å²) in [6, 6.07) is 24.5. The Morgan fingerprint density at radius 1 is 0.935 bits per heavy atom. The lowest BCUT2D eigenvalue weighted by Crippen LogP contribution is -2.18. The molecule has 156 valence electrons. The minimum absolute atomic E-state index is 0.0207. The molecule has 1 heterocycles. The van der Waals surface area contributed by atoms with E-state index in [-0.39, 0.29) is 12.5 Å². The van der Waals surface area contributed by atoms with Crippen LogP contribution >= 0.6 is 0 Å². The third-order valence-electron chi connectivity index (χ3n) is 5.79. The maximum atomic E-state index is 12.8. The van der Waals surface area contributed by atoms with Crippen LogP contribution in [0.1, 0.15) is 40.9 Å². The van der Waals surface area contributed by atoms with E-state index in [9.17, 15) is 4.79 Å². The molecule has 1 aromatic heterocycles. The van der Waals surface area contributed by atoms with Gasteiger partial charge in [0.1, 0.15) is 12.4 Å². The number of benzene rings is 3. The summed E-state index contributed by atoms with van der Waals surface area (Å²) in [6.07, 6.45) is 2.89. The van der Waals surface area contributed by atoms with E-state index in [1.165, 1.54) is 15.7 Å². The number of imidazole rings is 1. The molecule has 0 aliphatic rings. The minimum Gasteiger partial charge on any atom is -0.444 e. The third-order valence-corrected chi connectivity index (χ3v) is 5.79. The molecule has 0 aliphatic heterocycles. The van der Waals surface area contributed by atoms with Gasteiger partial charge >= 0.3 is 6.09 Å². The van der Waals surface area contributed by atoms with Crippen LogP contribution in [0.25, 0.3) is 11.1 Å². The number of rotatable bonds is 5. The second kappa shape index (κ2) is 9.00. The zero-order valence-electron chi connectivity index (χ0n) is 18.1. The molecule has 4 aromatic rings. The molecule has 4 heteroatoms. The summed E-state index contributed by atoms with van der Waals surface area (Å²) >= 11 is 0. The Kier molecular flexibility index (Phi) is 5.99. The van der Waals surface area contributed by atoms with Crippen molar-refractivity contribution in [1.82, 2.24) is 9.55 Å². The predicted octanol–water partition coefficient (Wildman–Crippen LogP) is 6.50. The van der Waals surface area contributed by atoms with Crippen molar-refractivity contribution in [1.29, 1.82) is 0 Å². The number of ether oxygens (including phenoxy) is 1. The lowest BCUT2D eigenvalue weighted by molar-refractivity contribution is 0.140. The van der Waals surface area contributed by atoms with E-state index in [1.807, 2.05) is 48.5 Å². The molecule has 0 spiro atoms. The van der Waals surface area contributed by atoms with Crippen molar-refractivity contribution in [2.45, 2.75) is 33.3 Å². The van der Waals surface area contributed by atoms with Gasteiger partial charge in [0.15, 0.2) is 0 Å². The summed E-state index contributed by atoms with van der Waals surface area (Å²) in [6.45, 7) is 6.47. The summed E-state index contributed by atoms with van der Waals surface area (Å²) in [4.78, 5) is 17.2. The van der Waals surface area contributed by atoms with E-state index in [0.29, 0.717) is 5.82 Å². The van der Waals surface area contributed by atoms with E-state index in [2.05, 4.69) is 50.0 Å². The molecule has 1 atom stereocenters. The first kappa shape index (κ1) is 20.6. The Balaban J connectivity index is 1.45. The van der Waals surface area contributed by atoms with Crippen molar-refractivity contribution in [2.24, 2.45) is 0 Å². The van der Waals surface area contributed by atoms with Crippen molar-refractivity contribution in [3.05, 3.63) is 113 Å². The minimum atomic E-state index is -0.420. The predicted molar refractivity (Wildman–Crippen MR) is 123 cm³/mol. The first-order chi connectivity index (χ1) is 15.0. The molecule has 0 fully saturated rings. The normalized spacial score (nSPS) is 11.8. The Hall–Kier alpha value is -3.66. The molecule has 0 N–H and O–H groups in total. The average molecular weight is 411 g/mol. The number of carbonyl (C=O) groups is 1. The number of nitrogens with zero attached hydrogens (tertiary/aromatic N) is 2. The monoisotopic (exact) mass is 410 g/mol. The Morgan fingerprint density at radius 3 is 2.39 bits per heavy atom. The summed E-state index contributed by atoms with van der Waals surface area (Å²) in [5.74, 6) is 0.658. The molecule has 4 rings (SSSR count). The molecular weight excluding hydrogens is 384 g/mol. The number of aromatic nitrogens is 2. The lowest BCUT2D eigenvalue weighted by Gasteiger charge is -2.17. The largest absolute Gasteiger partial charge is 0.444 e. The van der Waals surface area contributed by atoms with Crippen LogP contribution in [0.2, 0.25) is 0 Å². The highest BCUT2D eigenvalue weighted by atomic mass is 16.5. The first-order valence-corrected chi connectivity index (χ1v) is 10.5. The lowest BCUT2D eigenvalue weighted by atomic mass is 9.93. The summed E-state index contributed by atoms with van der Waals surface area (Å²) < 4.78 is 7.09. The molecule has 0 saturated heterocycles. The topological polar surface area (TPSA) is 44.1 Å². The van der Waals surface area contributed by atoms with Gasteiger partial charge < -0.3 is 4.74 Å². The number of aryl methyl sites for hydroxylation is 1. The molecule has 0 bridgehead atoms. The van der Waals surface area contributed by atoms with Crippen LogP contribution in [0.5, 0.6) is 0 Å². The molecule has 0 radical (unpaired) electrons. The highest BCUT2D eigenvalue weighted by Crippen LogP contribution is 2.27. The average Bonchev–Trinajstić information content (AvgIpc) is 3.30. The quantitative estimate of drug-likeness (QED) is 0.377. The molecule has 0 amide bonds. The molecule has 0 saturated carbocycles. The maximum absolute atomic E-state index is 12.8. The van der Waals surface area contributed by atoms with E-state index in [0.717, 1.165) is 22.3 Å². The number of hydrogen-bond acceptors (Lipinski definition) is 3. The van der Waals surface area contributed by atoms with Gasteiger partial charge in [0.2, 0.25) is 0 Å². The van der Waals surface area contributed by atoms with E-state index < -0.39 is 6.09 Å². The van der Waals surface area contributed by atoms with E-state index >= 15 is 0 Å². The van der Waals surface area contributed by atoms with Gasteiger partial charge in [0, 0.05) is 18.3 Å². The van der Waals surface area contributed by atoms with E-state index in [1.54, 1.807) is 12.4 Å². The van der Waals surface area contributed by atoms with Gasteiger partial charge in [-0.15, -0.1) is 0 Å². The van der Waals surface area contributed by atoms with Crippen LogP contribution in [0.3, 0.4) is 0 Å².